The second-order valence-electron chi connectivity index (χ2n) is 7.15. The third kappa shape index (κ3) is 6.59. The Balaban J connectivity index is 1.59. The van der Waals surface area contributed by atoms with Crippen LogP contribution < -0.4 is 9.64 Å². The molecule has 1 amide bonds. The van der Waals surface area contributed by atoms with Gasteiger partial charge >= 0.3 is 0 Å². The summed E-state index contributed by atoms with van der Waals surface area (Å²) in [6.45, 7) is 6.44. The number of thioether (sulfide) groups is 1. The second kappa shape index (κ2) is 10.6. The number of aryl methyl sites for hydroxylation is 3. The van der Waals surface area contributed by atoms with E-state index in [4.69, 9.17) is 14.4 Å². The zero-order valence-electron chi connectivity index (χ0n) is 17.8. The average molecular weight is 437 g/mol. The zero-order chi connectivity index (χ0) is 22.2. The summed E-state index contributed by atoms with van der Waals surface area (Å²) in [5, 5.41) is 17.2. The predicted molar refractivity (Wildman–Crippen MR) is 119 cm³/mol. The molecule has 0 spiro atoms. The van der Waals surface area contributed by atoms with Gasteiger partial charge in [-0.15, -0.1) is 10.2 Å². The Morgan fingerprint density at radius 3 is 2.61 bits per heavy atom. The Hall–Kier alpha value is -3.31. The van der Waals surface area contributed by atoms with Crippen LogP contribution in [-0.4, -0.2) is 28.4 Å². The van der Waals surface area contributed by atoms with Gasteiger partial charge in [-0.2, -0.15) is 5.26 Å². The molecular formula is C23H24N4O3S. The summed E-state index contributed by atoms with van der Waals surface area (Å²) in [7, 11) is 0. The Labute approximate surface area is 186 Å². The van der Waals surface area contributed by atoms with Gasteiger partial charge in [0.2, 0.25) is 5.91 Å². The highest BCUT2D eigenvalue weighted by atomic mass is 32.2. The molecule has 0 saturated heterocycles. The predicted octanol–water partition coefficient (Wildman–Crippen LogP) is 4.61. The number of nitrogens with zero attached hydrogens (tertiary/aromatic N) is 4. The van der Waals surface area contributed by atoms with E-state index >= 15 is 0 Å². The minimum absolute atomic E-state index is 0.124. The lowest BCUT2D eigenvalue weighted by Crippen LogP contribution is -2.33. The summed E-state index contributed by atoms with van der Waals surface area (Å²) in [5.74, 6) is 1.07. The highest BCUT2D eigenvalue weighted by molar-refractivity contribution is 7.99. The van der Waals surface area contributed by atoms with E-state index in [-0.39, 0.29) is 24.7 Å². The van der Waals surface area contributed by atoms with Gasteiger partial charge in [-0.1, -0.05) is 30.0 Å². The number of nitriles is 1. The summed E-state index contributed by atoms with van der Waals surface area (Å²) >= 11 is 1.17. The van der Waals surface area contributed by atoms with Crippen LogP contribution in [0.25, 0.3) is 0 Å². The number of carbonyl (C=O) groups excluding carboxylic acids is 1. The summed E-state index contributed by atoms with van der Waals surface area (Å²) < 4.78 is 11.2. The lowest BCUT2D eigenvalue weighted by Gasteiger charge is -2.22. The first-order valence-electron chi connectivity index (χ1n) is 9.85. The highest BCUT2D eigenvalue weighted by Gasteiger charge is 2.18. The van der Waals surface area contributed by atoms with E-state index in [1.807, 2.05) is 63.2 Å². The molecule has 1 aromatic heterocycles. The molecule has 8 heteroatoms. The molecule has 0 saturated carbocycles. The number of rotatable bonds is 9. The van der Waals surface area contributed by atoms with Crippen molar-refractivity contribution in [2.45, 2.75) is 39.0 Å². The van der Waals surface area contributed by atoms with E-state index in [1.54, 1.807) is 4.90 Å². The van der Waals surface area contributed by atoms with Gasteiger partial charge in [-0.05, 0) is 61.7 Å². The van der Waals surface area contributed by atoms with Gasteiger partial charge in [0.1, 0.15) is 5.75 Å². The molecule has 0 atom stereocenters. The molecule has 0 N–H and O–H groups in total. The lowest BCUT2D eigenvalue weighted by molar-refractivity contribution is -0.116. The smallest absolute Gasteiger partial charge is 0.277 e. The normalized spacial score (nSPS) is 10.5. The summed E-state index contributed by atoms with van der Waals surface area (Å²) in [5.41, 5.74) is 4.01. The number of hydrogen-bond acceptors (Lipinski definition) is 7. The first kappa shape index (κ1) is 22.4. The second-order valence-corrected chi connectivity index (χ2v) is 8.08. The molecule has 0 unspecified atom stereocenters. The number of amides is 1. The number of hydrogen-bond donors (Lipinski definition) is 0. The van der Waals surface area contributed by atoms with Crippen LogP contribution in [0.2, 0.25) is 0 Å². The van der Waals surface area contributed by atoms with E-state index in [9.17, 15) is 4.79 Å². The van der Waals surface area contributed by atoms with Gasteiger partial charge in [0.05, 0.1) is 18.2 Å². The maximum Gasteiger partial charge on any atom is 0.277 e. The first-order valence-corrected chi connectivity index (χ1v) is 10.8. The standard InChI is InChI=1S/C23H24N4O3S/c1-16-6-4-7-20(13-16)29-14-21-25-26-23(30-21)31-15-22(28)27(9-5-8-24)19-11-17(2)10-18(3)12-19/h4,6-7,10-13H,5,9,14-15H2,1-3H3. The minimum Gasteiger partial charge on any atom is -0.484 e. The maximum absolute atomic E-state index is 12.9. The van der Waals surface area contributed by atoms with E-state index in [0.29, 0.717) is 17.7 Å². The quantitative estimate of drug-likeness (QED) is 0.452. The third-order valence-electron chi connectivity index (χ3n) is 4.39. The van der Waals surface area contributed by atoms with Crippen molar-refractivity contribution in [1.29, 1.82) is 5.26 Å². The van der Waals surface area contributed by atoms with Crippen molar-refractivity contribution in [2.75, 3.05) is 17.2 Å². The lowest BCUT2D eigenvalue weighted by atomic mass is 10.1. The average Bonchev–Trinajstić information content (AvgIpc) is 3.18. The monoisotopic (exact) mass is 436 g/mol. The minimum atomic E-state index is -0.124. The number of aromatic nitrogens is 2. The number of anilines is 1. The van der Waals surface area contributed by atoms with Crippen LogP contribution in [0, 0.1) is 32.1 Å². The van der Waals surface area contributed by atoms with Gasteiger partial charge in [0.25, 0.3) is 11.1 Å². The highest BCUT2D eigenvalue weighted by Crippen LogP contribution is 2.23. The summed E-state index contributed by atoms with van der Waals surface area (Å²) in [4.78, 5) is 14.5. The van der Waals surface area contributed by atoms with E-state index < -0.39 is 0 Å². The van der Waals surface area contributed by atoms with Crippen molar-refractivity contribution in [2.24, 2.45) is 0 Å². The number of carbonyl (C=O) groups is 1. The largest absolute Gasteiger partial charge is 0.484 e. The van der Waals surface area contributed by atoms with Crippen LogP contribution >= 0.6 is 11.8 Å². The zero-order valence-corrected chi connectivity index (χ0v) is 18.6. The van der Waals surface area contributed by atoms with E-state index in [2.05, 4.69) is 16.3 Å². The Bertz CT molecular complexity index is 1070. The van der Waals surface area contributed by atoms with Crippen molar-refractivity contribution in [1.82, 2.24) is 10.2 Å². The molecule has 0 aliphatic heterocycles. The third-order valence-corrected chi connectivity index (χ3v) is 5.19. The SMILES string of the molecule is Cc1cccc(OCc2nnc(SCC(=O)N(CCC#N)c3cc(C)cc(C)c3)o2)c1. The molecule has 0 aliphatic rings. The molecule has 160 valence electrons. The van der Waals surface area contributed by atoms with Crippen molar-refractivity contribution >= 4 is 23.4 Å². The van der Waals surface area contributed by atoms with E-state index in [0.717, 1.165) is 28.1 Å². The number of ether oxygens (including phenoxy) is 1. The van der Waals surface area contributed by atoms with Crippen LogP contribution in [0.15, 0.2) is 52.1 Å². The summed E-state index contributed by atoms with van der Waals surface area (Å²) in [6, 6.07) is 15.7. The molecule has 0 bridgehead atoms. The first-order chi connectivity index (χ1) is 14.9. The molecular weight excluding hydrogens is 412 g/mol. The fourth-order valence-electron chi connectivity index (χ4n) is 3.07. The van der Waals surface area contributed by atoms with Gasteiger partial charge < -0.3 is 14.1 Å². The van der Waals surface area contributed by atoms with E-state index in [1.165, 1.54) is 11.8 Å². The topological polar surface area (TPSA) is 92.3 Å². The molecule has 0 radical (unpaired) electrons. The van der Waals surface area contributed by atoms with Gasteiger partial charge in [0, 0.05) is 12.2 Å². The summed E-state index contributed by atoms with van der Waals surface area (Å²) in [6.07, 6.45) is 0.254. The molecule has 31 heavy (non-hydrogen) atoms. The van der Waals surface area contributed by atoms with Gasteiger partial charge in [-0.3, -0.25) is 4.79 Å². The molecule has 1 heterocycles. The van der Waals surface area contributed by atoms with Crippen LogP contribution in [0.1, 0.15) is 29.0 Å². The van der Waals surface area contributed by atoms with Gasteiger partial charge in [0.15, 0.2) is 6.61 Å². The Morgan fingerprint density at radius 2 is 1.90 bits per heavy atom. The van der Waals surface area contributed by atoms with Crippen molar-refractivity contribution < 1.29 is 13.9 Å². The Kier molecular flexibility index (Phi) is 7.68. The van der Waals surface area contributed by atoms with Crippen molar-refractivity contribution in [3.8, 4) is 11.8 Å². The van der Waals surface area contributed by atoms with Crippen LogP contribution in [0.4, 0.5) is 5.69 Å². The molecule has 7 nitrogen and oxygen atoms in total. The van der Waals surface area contributed by atoms with Crippen molar-refractivity contribution in [3.63, 3.8) is 0 Å². The Morgan fingerprint density at radius 1 is 1.13 bits per heavy atom. The molecule has 0 fully saturated rings. The van der Waals surface area contributed by atoms with Crippen molar-refractivity contribution in [3.05, 3.63) is 65.0 Å². The molecule has 3 rings (SSSR count). The fourth-order valence-corrected chi connectivity index (χ4v) is 3.73. The molecule has 2 aromatic carbocycles. The van der Waals surface area contributed by atoms with Crippen LogP contribution in [0.5, 0.6) is 5.75 Å². The van der Waals surface area contributed by atoms with Crippen LogP contribution in [0.3, 0.4) is 0 Å². The molecule has 0 aliphatic carbocycles. The fraction of sp³-hybridized carbons (Fsp3) is 0.304. The van der Waals surface area contributed by atoms with Gasteiger partial charge in [-0.25, -0.2) is 0 Å². The maximum atomic E-state index is 12.9. The number of benzene rings is 2. The molecule has 3 aromatic rings. The van der Waals surface area contributed by atoms with Crippen LogP contribution in [-0.2, 0) is 11.4 Å².